The van der Waals surface area contributed by atoms with Crippen LogP contribution in [-0.2, 0) is 9.53 Å². The Morgan fingerprint density at radius 3 is 1.07 bits per heavy atom. The van der Waals surface area contributed by atoms with E-state index in [0.29, 0.717) is 25.2 Å². The van der Waals surface area contributed by atoms with Gasteiger partial charge in [-0.15, -0.1) is 0 Å². The first-order valence-corrected chi connectivity index (χ1v) is 40.2. The van der Waals surface area contributed by atoms with Crippen LogP contribution in [-0.4, -0.2) is 69.1 Å². The molecule has 0 aliphatic heterocycles. The molecule has 90 heavy (non-hydrogen) atoms. The number of carbonyl (C=O) groups is 1. The minimum Gasteiger partial charge on any atom is -0.462 e. The van der Waals surface area contributed by atoms with Gasteiger partial charge in [0.1, 0.15) is 0 Å². The van der Waals surface area contributed by atoms with Crippen molar-refractivity contribution in [2.45, 2.75) is 457 Å². The van der Waals surface area contributed by atoms with Gasteiger partial charge in [0.25, 0.3) is 0 Å². The van der Waals surface area contributed by atoms with Crippen LogP contribution in [0, 0.1) is 50.2 Å². The zero-order valence-electron chi connectivity index (χ0n) is 74.9. The van der Waals surface area contributed by atoms with Gasteiger partial charge in [-0.05, 0) is 91.3 Å². The molecule has 0 saturated heterocycles. The lowest BCUT2D eigenvalue weighted by Crippen LogP contribution is -2.71. The first kappa shape index (κ1) is 145. The van der Waals surface area contributed by atoms with Crippen LogP contribution in [0.2, 0.25) is 0 Å². The molecule has 5 rings (SSSR count). The topological polar surface area (TPSA) is 127 Å². The average molecular weight is 1310 g/mol. The maximum absolute atomic E-state index is 12.3. The predicted octanol–water partition coefficient (Wildman–Crippen LogP) is 29.2. The number of ether oxygens (including phenoxy) is 1. The summed E-state index contributed by atoms with van der Waals surface area (Å²) < 4.78 is 5.69. The molecule has 7 nitrogen and oxygen atoms in total. The summed E-state index contributed by atoms with van der Waals surface area (Å²) in [7, 11) is 0. The molecule has 574 valence electrons. The van der Waals surface area contributed by atoms with Crippen LogP contribution in [0.1, 0.15) is 432 Å². The molecule has 0 radical (unpaired) electrons. The lowest BCUT2D eigenvalue weighted by atomic mass is 9.33. The SMILES string of the molecule is C/C=C/C(=O)OC[C@]1(C)C2CC[C@]3(C)C(CC=C4C5CC(C)(C)[C@@H](O)[C@H](O)[C@]5(CO)[C@H](O)C[C@]43C)[C@@]2(C)CC[C@@H]1O.CC.CC.CC.CC.CC.CC.CC.CC.CC.CC.CC.CC.CC.CC.CC.CC.CC.CC.CC.CC.CC.CC.CC.CCC. The maximum Gasteiger partial charge on any atom is 0.330 e. The second-order valence-electron chi connectivity index (χ2n) is 16.8. The first-order valence-electron chi connectivity index (χ1n) is 40.2. The van der Waals surface area contributed by atoms with Crippen molar-refractivity contribution in [1.29, 1.82) is 0 Å². The Morgan fingerprint density at radius 1 is 0.467 bits per heavy atom. The van der Waals surface area contributed by atoms with Crippen molar-refractivity contribution in [3.63, 3.8) is 0 Å². The molecule has 0 aromatic carbocycles. The highest BCUT2D eigenvalue weighted by atomic mass is 16.5. The van der Waals surface area contributed by atoms with Crippen LogP contribution in [0.5, 0.6) is 0 Å². The van der Waals surface area contributed by atoms with Gasteiger partial charge in [0.2, 0.25) is 0 Å². The molecule has 0 aromatic heterocycles. The van der Waals surface area contributed by atoms with E-state index in [2.05, 4.69) is 47.6 Å². The number of esters is 1. The molecule has 0 amide bonds. The van der Waals surface area contributed by atoms with E-state index < -0.39 is 40.7 Å². The summed E-state index contributed by atoms with van der Waals surface area (Å²) in [4.78, 5) is 12.3. The van der Waals surface area contributed by atoms with Gasteiger partial charge in [-0.25, -0.2) is 4.79 Å². The molecule has 5 aliphatic carbocycles. The number of hydrogen-bond acceptors (Lipinski definition) is 7. The van der Waals surface area contributed by atoms with E-state index in [4.69, 9.17) is 4.74 Å². The molecular weight excluding hydrogens is 1110 g/mol. The molecule has 0 bridgehead atoms. The Hall–Kier alpha value is -1.25. The second kappa shape index (κ2) is 115. The van der Waals surface area contributed by atoms with Crippen LogP contribution in [0.4, 0.5) is 0 Å². The van der Waals surface area contributed by atoms with E-state index >= 15 is 0 Å². The molecule has 4 fully saturated rings. The maximum atomic E-state index is 12.3. The van der Waals surface area contributed by atoms with Crippen molar-refractivity contribution in [1.82, 2.24) is 0 Å². The number of allylic oxidation sites excluding steroid dienone is 3. The molecule has 5 N–H and O–H groups in total. The lowest BCUT2D eigenvalue weighted by Gasteiger charge is -2.72. The number of fused-ring (bicyclic) bond motifs is 7. The number of aliphatic hydroxyl groups excluding tert-OH is 5. The molecule has 5 aliphatic rings. The van der Waals surface area contributed by atoms with Gasteiger partial charge in [0, 0.05) is 11.5 Å². The molecule has 12 atom stereocenters. The highest BCUT2D eigenvalue weighted by Crippen LogP contribution is 2.75. The predicted molar refractivity (Wildman–Crippen MR) is 433 cm³/mol. The molecular formula is C83H200O7. The molecule has 4 saturated carbocycles. The van der Waals surface area contributed by atoms with Crippen molar-refractivity contribution < 1.29 is 35.1 Å². The molecule has 0 heterocycles. The van der Waals surface area contributed by atoms with E-state index in [1.54, 1.807) is 13.0 Å². The highest BCUT2D eigenvalue weighted by molar-refractivity contribution is 5.81. The van der Waals surface area contributed by atoms with Gasteiger partial charge < -0.3 is 30.3 Å². The van der Waals surface area contributed by atoms with Crippen LogP contribution in [0.15, 0.2) is 23.8 Å². The van der Waals surface area contributed by atoms with Crippen LogP contribution >= 0.6 is 0 Å². The Bertz CT molecular complexity index is 1140. The summed E-state index contributed by atoms with van der Waals surface area (Å²) in [5.41, 5.74) is -1.67. The van der Waals surface area contributed by atoms with E-state index in [1.165, 1.54) is 18.1 Å². The quantitative estimate of drug-likeness (QED) is 0.108. The number of hydrogen-bond donors (Lipinski definition) is 5. The Morgan fingerprint density at radius 2 is 0.778 bits per heavy atom. The standard InChI is InChI=1S/C34H54O7.C3H8.23C2H6/c1-8-9-26(38)41-19-31(5)22-12-15-32(6)23(30(22,4)14-13-24(31)36)11-10-20-21-16-29(2,3)27(39)28(40)34(21,18-35)25(37)17-33(20,32)7;1-3-2;23*1-2/h8-10,21-25,27-28,35-37,39-40H,11-19H2,1-7H3;3H2,1-2H3;23*1-2H3/b9-8+;;;;;;;;;;;;;;;;;;;;;;;;/t21?,22?,23?,24-,25+,27-,28-,30-,31+,32+,33+,34-;;;;;;;;;;;;;;;;;;;;;;;;/m0......................../s1. The van der Waals surface area contributed by atoms with Crippen LogP contribution < -0.4 is 0 Å². The van der Waals surface area contributed by atoms with Gasteiger partial charge >= 0.3 is 5.97 Å². The van der Waals surface area contributed by atoms with E-state index in [1.807, 2.05) is 332 Å². The Labute approximate surface area is 582 Å². The zero-order valence-corrected chi connectivity index (χ0v) is 74.9. The third kappa shape index (κ3) is 48.4. The normalized spacial score (nSPS) is 25.6. The lowest BCUT2D eigenvalue weighted by molar-refractivity contribution is -0.259. The van der Waals surface area contributed by atoms with Gasteiger partial charge in [0.15, 0.2) is 0 Å². The summed E-state index contributed by atoms with van der Waals surface area (Å²) in [5, 5.41) is 56.4. The fourth-order valence-electron chi connectivity index (χ4n) is 11.3. The van der Waals surface area contributed by atoms with Gasteiger partial charge in [0.05, 0.1) is 43.0 Å². The molecule has 0 spiro atoms. The smallest absolute Gasteiger partial charge is 0.330 e. The first-order chi connectivity index (χ1) is 43.4. The summed E-state index contributed by atoms with van der Waals surface area (Å²) in [6.45, 7) is 111. The van der Waals surface area contributed by atoms with Gasteiger partial charge in [-0.3, -0.25) is 0 Å². The van der Waals surface area contributed by atoms with Crippen molar-refractivity contribution >= 4 is 5.97 Å². The van der Waals surface area contributed by atoms with Crippen LogP contribution in [0.3, 0.4) is 0 Å². The number of aliphatic hydroxyl groups is 5. The summed E-state index contributed by atoms with van der Waals surface area (Å²) in [6.07, 6.45) is 8.17. The number of carbonyl (C=O) groups excluding carboxylic acids is 1. The van der Waals surface area contributed by atoms with Crippen LogP contribution in [0.25, 0.3) is 0 Å². The van der Waals surface area contributed by atoms with E-state index in [9.17, 15) is 30.3 Å². The fraction of sp³-hybridized carbons (Fsp3) is 0.940. The highest BCUT2D eigenvalue weighted by Gasteiger charge is 2.72. The molecule has 3 unspecified atom stereocenters. The second-order valence-corrected chi connectivity index (χ2v) is 16.8. The summed E-state index contributed by atoms with van der Waals surface area (Å²) in [5.74, 6) is -0.147. The van der Waals surface area contributed by atoms with E-state index in [0.717, 1.165) is 25.7 Å². The van der Waals surface area contributed by atoms with Gasteiger partial charge in [-0.1, -0.05) is 398 Å². The third-order valence-electron chi connectivity index (χ3n) is 14.0. The Kier molecular flexibility index (Phi) is 185. The summed E-state index contributed by atoms with van der Waals surface area (Å²) >= 11 is 0. The van der Waals surface area contributed by atoms with Crippen molar-refractivity contribution in [3.8, 4) is 0 Å². The number of rotatable bonds is 4. The molecule has 7 heteroatoms. The minimum atomic E-state index is -1.22. The third-order valence-corrected chi connectivity index (χ3v) is 14.0. The van der Waals surface area contributed by atoms with E-state index in [-0.39, 0.29) is 47.3 Å². The average Bonchev–Trinajstić information content (AvgIpc) is 1.11. The fourth-order valence-corrected chi connectivity index (χ4v) is 11.3. The zero-order chi connectivity index (χ0) is 79.1. The summed E-state index contributed by atoms with van der Waals surface area (Å²) in [6, 6.07) is 0. The minimum absolute atomic E-state index is 0.100. The van der Waals surface area contributed by atoms with Crippen molar-refractivity contribution in [3.05, 3.63) is 23.8 Å². The monoisotopic (exact) mass is 1310 g/mol. The van der Waals surface area contributed by atoms with Crippen molar-refractivity contribution in [2.75, 3.05) is 13.2 Å². The van der Waals surface area contributed by atoms with Crippen molar-refractivity contribution in [2.24, 2.45) is 50.2 Å². The Balaban J connectivity index is -0.0000000468. The largest absolute Gasteiger partial charge is 0.462 e. The molecule has 0 aromatic rings. The van der Waals surface area contributed by atoms with Gasteiger partial charge in [-0.2, -0.15) is 0 Å².